The minimum atomic E-state index is -4.70. The molecule has 490 valence electrons. The third-order valence-corrected chi connectivity index (χ3v) is 20.1. The first kappa shape index (κ1) is 61.2. The van der Waals surface area contributed by atoms with Crippen LogP contribution in [0.25, 0.3) is 133 Å². The lowest BCUT2D eigenvalue weighted by Crippen LogP contribution is -2.01. The van der Waals surface area contributed by atoms with Crippen molar-refractivity contribution >= 4 is 128 Å². The quantitative estimate of drug-likeness (QED) is 0.0619. The monoisotopic (exact) mass is 1410 g/mol. The van der Waals surface area contributed by atoms with Crippen LogP contribution in [0.1, 0.15) is 0 Å². The number of hydrogen-bond acceptors (Lipinski definition) is 22. The maximum atomic E-state index is 12.5. The highest BCUT2D eigenvalue weighted by atomic mass is 32.2. The van der Waals surface area contributed by atoms with E-state index in [1.165, 1.54) is 73.3 Å². The van der Waals surface area contributed by atoms with E-state index in [0.29, 0.717) is 43.8 Å². The number of aromatic nitrogens is 12. The second kappa shape index (κ2) is 22.6. The molecule has 0 spiro atoms. The zero-order chi connectivity index (χ0) is 68.7. The fourth-order valence-electron chi connectivity index (χ4n) is 12.1. The summed E-state index contributed by atoms with van der Waals surface area (Å²) >= 11 is 0. The van der Waals surface area contributed by atoms with E-state index in [2.05, 4.69) is 29.9 Å². The van der Waals surface area contributed by atoms with E-state index in [0.717, 1.165) is 0 Å². The van der Waals surface area contributed by atoms with Crippen molar-refractivity contribution in [2.24, 2.45) is 0 Å². The molecular formula is C68H38N12O16S4. The minimum Gasteiger partial charge on any atom is -0.457 e. The van der Waals surface area contributed by atoms with Gasteiger partial charge >= 0.3 is 0 Å². The summed E-state index contributed by atoms with van der Waals surface area (Å²) in [6, 6.07) is 43.2. The van der Waals surface area contributed by atoms with Crippen molar-refractivity contribution in [3.63, 3.8) is 0 Å². The number of aromatic amines is 2. The van der Waals surface area contributed by atoms with Crippen LogP contribution in [0.5, 0.6) is 46.0 Å². The average molecular weight is 1410 g/mol. The first-order chi connectivity index (χ1) is 48.0. The van der Waals surface area contributed by atoms with Crippen molar-refractivity contribution in [2.75, 3.05) is 0 Å². The Morgan fingerprint density at radius 2 is 0.540 bits per heavy atom. The molecule has 100 heavy (non-hydrogen) atoms. The molecule has 0 radical (unpaired) electrons. The van der Waals surface area contributed by atoms with Gasteiger partial charge in [-0.3, -0.25) is 38.1 Å². The van der Waals surface area contributed by atoms with E-state index in [9.17, 15) is 51.9 Å². The minimum absolute atomic E-state index is 0.0388. The van der Waals surface area contributed by atoms with Gasteiger partial charge in [-0.05, 0) is 170 Å². The lowest BCUT2D eigenvalue weighted by molar-refractivity contribution is 0.479. The molecule has 2 aliphatic rings. The van der Waals surface area contributed by atoms with Crippen LogP contribution in [0, 0.1) is 0 Å². The molecule has 0 fully saturated rings. The summed E-state index contributed by atoms with van der Waals surface area (Å²) in [6.07, 6.45) is 5.52. The van der Waals surface area contributed by atoms with E-state index in [4.69, 9.17) is 48.9 Å². The Labute approximate surface area is 561 Å². The van der Waals surface area contributed by atoms with E-state index in [1.807, 2.05) is 0 Å². The molecule has 9 heterocycles. The number of nitrogens with one attached hydrogen (secondary N) is 2. The number of nitrogens with zero attached hydrogens (tertiary/aromatic N) is 10. The van der Waals surface area contributed by atoms with Crippen LogP contribution in [0.15, 0.2) is 214 Å². The number of hydrogen-bond donors (Lipinski definition) is 6. The predicted octanol–water partition coefficient (Wildman–Crippen LogP) is 13.2. The van der Waals surface area contributed by atoms with Crippen molar-refractivity contribution in [1.82, 2.24) is 59.8 Å². The number of benzene rings is 8. The Morgan fingerprint density at radius 3 is 0.840 bits per heavy atom. The molecule has 6 N–H and O–H groups in total. The Balaban J connectivity index is 0.897. The second-order valence-electron chi connectivity index (χ2n) is 22.6. The smallest absolute Gasteiger partial charge is 0.296 e. The number of H-pyrrole nitrogens is 2. The Hall–Kier alpha value is -12.4. The van der Waals surface area contributed by atoms with Crippen LogP contribution in [-0.2, 0) is 40.5 Å². The molecule has 28 nitrogen and oxygen atoms in total. The third kappa shape index (κ3) is 10.7. The predicted molar refractivity (Wildman–Crippen MR) is 363 cm³/mol. The zero-order valence-electron chi connectivity index (χ0n) is 50.3. The summed E-state index contributed by atoms with van der Waals surface area (Å²) < 4.78 is 166. The molecule has 2 aliphatic heterocycles. The number of rotatable bonds is 12. The van der Waals surface area contributed by atoms with E-state index < -0.39 is 60.1 Å². The molecule has 0 unspecified atom stereocenters. The molecule has 8 aromatic carbocycles. The van der Waals surface area contributed by atoms with Gasteiger partial charge in [0.15, 0.2) is 23.3 Å². The summed E-state index contributed by atoms with van der Waals surface area (Å²) in [5, 5.41) is 2.88. The van der Waals surface area contributed by atoms with Crippen LogP contribution >= 0.6 is 0 Å². The molecule has 7 aromatic heterocycles. The lowest BCUT2D eigenvalue weighted by atomic mass is 10.1. The number of pyridine rings is 4. The normalized spacial score (nSPS) is 12.5. The van der Waals surface area contributed by atoms with Crippen LogP contribution in [0.4, 0.5) is 0 Å². The number of ether oxygens (including phenoxy) is 4. The highest BCUT2D eigenvalue weighted by molar-refractivity contribution is 7.86. The van der Waals surface area contributed by atoms with Crippen molar-refractivity contribution in [3.05, 3.63) is 195 Å². The largest absolute Gasteiger partial charge is 0.457 e. The van der Waals surface area contributed by atoms with Crippen molar-refractivity contribution in [2.45, 2.75) is 19.6 Å². The standard InChI is InChI=1S/C68H38N12O16S4/c81-97(82,83)53-21-17-49(41-5-1-25-69-57(41)53)93-33-9-13-37-45(29-33)65-73-61(37)78-66-47-31-35(95-51-19-23-55(99(87,88)89)59-43(51)7-3-27-71-59)11-15-39(47)63(75-66)80-68-48-32-36(96-52-20-24-56(100(90,91)92)60-44(52)8-4-28-72-60)12-16-40(48)64(76-68)79-67-46-30-34(10-14-38(46)62(74-67)77-65)94-50-18-22-54(98(84,85)86)58-42(50)6-2-26-70-58/h1-32H,(H,81,82,83)(H,84,85,86)(H,87,88,89)(H,90,91,92)(H2,73,74,75,76,77,78,79,80). The van der Waals surface area contributed by atoms with Crippen LogP contribution in [-0.4, -0.2) is 112 Å². The van der Waals surface area contributed by atoms with Crippen LogP contribution in [0.2, 0.25) is 0 Å². The fourth-order valence-corrected chi connectivity index (χ4v) is 14.7. The van der Waals surface area contributed by atoms with Crippen molar-refractivity contribution < 1.29 is 70.8 Å². The van der Waals surface area contributed by atoms with Crippen LogP contribution < -0.4 is 18.9 Å². The molecule has 17 rings (SSSR count). The first-order valence-corrected chi connectivity index (χ1v) is 35.3. The topological polar surface area (TPSA) is 415 Å². The summed E-state index contributed by atoms with van der Waals surface area (Å²) in [4.78, 5) is 53.0. The summed E-state index contributed by atoms with van der Waals surface area (Å²) in [5.41, 5.74) is 2.36. The van der Waals surface area contributed by atoms with Gasteiger partial charge in [0.05, 0.1) is 22.1 Å². The Bertz CT molecular complexity index is 6440. The van der Waals surface area contributed by atoms with Gasteiger partial charge in [-0.1, -0.05) is 0 Å². The van der Waals surface area contributed by atoms with Gasteiger partial charge in [-0.15, -0.1) is 0 Å². The summed E-state index contributed by atoms with van der Waals surface area (Å²) in [6.45, 7) is 0. The second-order valence-corrected chi connectivity index (χ2v) is 28.2. The van der Waals surface area contributed by atoms with Gasteiger partial charge in [-0.25, -0.2) is 29.9 Å². The maximum Gasteiger partial charge on any atom is 0.296 e. The highest BCUT2D eigenvalue weighted by Crippen LogP contribution is 2.45. The van der Waals surface area contributed by atoms with E-state index in [1.54, 1.807) is 121 Å². The van der Waals surface area contributed by atoms with Crippen molar-refractivity contribution in [1.29, 1.82) is 0 Å². The first-order valence-electron chi connectivity index (χ1n) is 29.5. The van der Waals surface area contributed by atoms with Gasteiger partial charge in [0.1, 0.15) is 88.2 Å². The number of fused-ring (bicyclic) bond motifs is 24. The Morgan fingerprint density at radius 1 is 0.270 bits per heavy atom. The molecule has 0 amide bonds. The highest BCUT2D eigenvalue weighted by Gasteiger charge is 2.28. The zero-order valence-corrected chi connectivity index (χ0v) is 53.5. The van der Waals surface area contributed by atoms with E-state index >= 15 is 0 Å². The third-order valence-electron chi connectivity index (χ3n) is 16.5. The maximum absolute atomic E-state index is 12.5. The SMILES string of the molecule is O=S(=O)(O)c1ccc(Oc2ccc3c(c2)-c2nc-3nc3[nH]c(nc4nc(nc5[nH]c(n2)c2ccc(Oc6ccc(S(=O)(=O)O)c7ncccc67)cc52)-c2ccc(Oc5ccc(S(=O)(=O)O)c6ncccc56)cc2-4)c2ccc(Oc4ccc(S(=O)(=O)O)c5ncccc45)cc32)c2cccnc12. The van der Waals surface area contributed by atoms with E-state index in [-0.39, 0.29) is 135 Å². The Kier molecular flexibility index (Phi) is 13.8. The molecule has 8 bridgehead atoms. The van der Waals surface area contributed by atoms with Gasteiger partial charge in [-0.2, -0.15) is 33.7 Å². The molecule has 0 aliphatic carbocycles. The fraction of sp³-hybridized carbons (Fsp3) is 0. The van der Waals surface area contributed by atoms with Crippen LogP contribution in [0.3, 0.4) is 0 Å². The molecule has 32 heteroatoms. The molecular weight excluding hydrogens is 1370 g/mol. The molecule has 0 saturated carbocycles. The van der Waals surface area contributed by atoms with Crippen molar-refractivity contribution in [3.8, 4) is 91.5 Å². The summed E-state index contributed by atoms with van der Waals surface area (Å²) in [5.74, 6) is 2.18. The van der Waals surface area contributed by atoms with Gasteiger partial charge in [0.2, 0.25) is 0 Å². The summed E-state index contributed by atoms with van der Waals surface area (Å²) in [7, 11) is -18.8. The van der Waals surface area contributed by atoms with Gasteiger partial charge in [0, 0.05) is 90.1 Å². The van der Waals surface area contributed by atoms with Gasteiger partial charge < -0.3 is 28.9 Å². The molecule has 15 aromatic rings. The molecule has 0 saturated heterocycles. The average Bonchev–Trinajstić information content (AvgIpc) is 1.43. The molecule has 0 atom stereocenters. The van der Waals surface area contributed by atoms with Gasteiger partial charge in [0.25, 0.3) is 40.5 Å². The lowest BCUT2D eigenvalue weighted by Gasteiger charge is -2.11.